The molecule has 0 spiro atoms. The lowest BCUT2D eigenvalue weighted by molar-refractivity contribution is 1.19. The van der Waals surface area contributed by atoms with Crippen molar-refractivity contribution in [3.05, 3.63) is 108 Å². The van der Waals surface area contributed by atoms with Crippen molar-refractivity contribution in [2.75, 3.05) is 0 Å². The van der Waals surface area contributed by atoms with E-state index in [-0.39, 0.29) is 17.4 Å². The van der Waals surface area contributed by atoms with Gasteiger partial charge in [0.05, 0.1) is 0 Å². The molecule has 0 saturated carbocycles. The predicted octanol–water partition coefficient (Wildman–Crippen LogP) is 3.64. The van der Waals surface area contributed by atoms with Gasteiger partial charge in [-0.15, -0.1) is 0 Å². The SMILES string of the molecule is [AlH3].c1ccc([CH2][Al]([CH2]c2ccccc2)[CH2]c2ccccc2)cc1. The fraction of sp³-hybridized carbons (Fsp3) is 0.143. The summed E-state index contributed by atoms with van der Waals surface area (Å²) in [5, 5.41) is 3.81. The van der Waals surface area contributed by atoms with Crippen molar-refractivity contribution in [3.63, 3.8) is 0 Å². The Morgan fingerprint density at radius 1 is 0.435 bits per heavy atom. The van der Waals surface area contributed by atoms with E-state index in [0.717, 1.165) is 0 Å². The van der Waals surface area contributed by atoms with Crippen LogP contribution in [-0.2, 0) is 15.8 Å². The highest BCUT2D eigenvalue weighted by Crippen LogP contribution is 2.13. The lowest BCUT2D eigenvalue weighted by atomic mass is 10.2. The minimum absolute atomic E-state index is 0. The lowest BCUT2D eigenvalue weighted by Gasteiger charge is -2.13. The monoisotopic (exact) mass is 330 g/mol. The van der Waals surface area contributed by atoms with E-state index in [0.29, 0.717) is 0 Å². The Bertz CT molecular complexity index is 567. The minimum Gasteiger partial charge on any atom is -0.0687 e. The highest BCUT2D eigenvalue weighted by molar-refractivity contribution is 6.57. The third kappa shape index (κ3) is 6.03. The first-order valence-electron chi connectivity index (χ1n) is 8.02. The van der Waals surface area contributed by atoms with Crippen molar-refractivity contribution in [2.45, 2.75) is 15.8 Å². The molecule has 0 atom stereocenters. The van der Waals surface area contributed by atoms with E-state index < -0.39 is 14.1 Å². The molecule has 0 bridgehead atoms. The molecule has 0 fully saturated rings. The van der Waals surface area contributed by atoms with Gasteiger partial charge in [0.1, 0.15) is 0 Å². The van der Waals surface area contributed by atoms with Crippen LogP contribution in [0.4, 0.5) is 0 Å². The van der Waals surface area contributed by atoms with Gasteiger partial charge in [-0.3, -0.25) is 0 Å². The fourth-order valence-corrected chi connectivity index (χ4v) is 6.31. The van der Waals surface area contributed by atoms with Gasteiger partial charge in [-0.25, -0.2) is 0 Å². The Morgan fingerprint density at radius 3 is 0.957 bits per heavy atom. The van der Waals surface area contributed by atoms with E-state index in [2.05, 4.69) is 91.0 Å². The zero-order valence-electron chi connectivity index (χ0n) is 12.9. The van der Waals surface area contributed by atoms with Gasteiger partial charge in [0.25, 0.3) is 14.1 Å². The van der Waals surface area contributed by atoms with Crippen molar-refractivity contribution in [2.24, 2.45) is 0 Å². The molecule has 0 aliphatic rings. The molecule has 3 rings (SSSR count). The topological polar surface area (TPSA) is 0 Å². The van der Waals surface area contributed by atoms with Crippen LogP contribution < -0.4 is 0 Å². The summed E-state index contributed by atoms with van der Waals surface area (Å²) in [6.45, 7) is 0. The Hall–Kier alpha value is -1.28. The van der Waals surface area contributed by atoms with Crippen LogP contribution in [0.3, 0.4) is 0 Å². The van der Waals surface area contributed by atoms with Crippen molar-refractivity contribution < 1.29 is 0 Å². The minimum atomic E-state index is -0.914. The molecule has 2 heteroatoms. The van der Waals surface area contributed by atoms with Gasteiger partial charge in [0, 0.05) is 0 Å². The third-order valence-corrected chi connectivity index (χ3v) is 7.25. The standard InChI is InChI=1S/3C7H7.2Al.3H/c3*1-7-5-3-2-4-6-7;;;;;/h3*2-6H,1H2;;;;;. The summed E-state index contributed by atoms with van der Waals surface area (Å²) in [6.07, 6.45) is 0. The highest BCUT2D eigenvalue weighted by Gasteiger charge is 2.18. The van der Waals surface area contributed by atoms with Gasteiger partial charge in [0.15, 0.2) is 17.4 Å². The van der Waals surface area contributed by atoms with Crippen LogP contribution >= 0.6 is 0 Å². The highest BCUT2D eigenvalue weighted by atomic mass is 27.2. The van der Waals surface area contributed by atoms with E-state index in [1.807, 2.05) is 0 Å². The van der Waals surface area contributed by atoms with E-state index in [9.17, 15) is 0 Å². The maximum absolute atomic E-state index is 2.27. The Balaban J connectivity index is 0.00000192. The number of rotatable bonds is 6. The number of hydrogen-bond donors (Lipinski definition) is 0. The summed E-state index contributed by atoms with van der Waals surface area (Å²) in [5.74, 6) is 0. The van der Waals surface area contributed by atoms with Gasteiger partial charge < -0.3 is 0 Å². The van der Waals surface area contributed by atoms with Gasteiger partial charge in [-0.2, -0.15) is 0 Å². The number of benzene rings is 3. The summed E-state index contributed by atoms with van der Waals surface area (Å²) < 4.78 is 0. The van der Waals surface area contributed by atoms with E-state index in [4.69, 9.17) is 0 Å². The molecule has 0 unspecified atom stereocenters. The summed E-state index contributed by atoms with van der Waals surface area (Å²) in [7, 11) is 0. The molecule has 0 heterocycles. The average Bonchev–Trinajstić information content (AvgIpc) is 2.57. The van der Waals surface area contributed by atoms with Gasteiger partial charge in [-0.1, -0.05) is 124 Å². The first kappa shape index (κ1) is 18.1. The van der Waals surface area contributed by atoms with Crippen LogP contribution in [0.1, 0.15) is 16.7 Å². The van der Waals surface area contributed by atoms with Crippen LogP contribution in [0.5, 0.6) is 0 Å². The Morgan fingerprint density at radius 2 is 0.696 bits per heavy atom. The molecule has 0 aliphatic carbocycles. The first-order chi connectivity index (χ1) is 10.9. The molecule has 23 heavy (non-hydrogen) atoms. The molecule has 0 aliphatic heterocycles. The molecule has 0 saturated heterocycles. The summed E-state index contributed by atoms with van der Waals surface area (Å²) in [5.41, 5.74) is 4.48. The molecule has 3 aromatic carbocycles. The summed E-state index contributed by atoms with van der Waals surface area (Å²) in [6, 6.07) is 32.9. The smallest absolute Gasteiger partial charge is 0.0687 e. The zero-order chi connectivity index (χ0) is 15.0. The molecule has 3 aromatic rings. The zero-order valence-corrected chi connectivity index (χ0v) is 14.0. The van der Waals surface area contributed by atoms with Crippen molar-refractivity contribution >= 4 is 31.5 Å². The predicted molar refractivity (Wildman–Crippen MR) is 106 cm³/mol. The van der Waals surface area contributed by atoms with Crippen LogP contribution in [0, 0.1) is 0 Å². The molecule has 0 nitrogen and oxygen atoms in total. The quantitative estimate of drug-likeness (QED) is 0.605. The maximum atomic E-state index is 2.27. The van der Waals surface area contributed by atoms with Crippen molar-refractivity contribution in [3.8, 4) is 0 Å². The number of hydrogen-bond acceptors (Lipinski definition) is 0. The van der Waals surface area contributed by atoms with Gasteiger partial charge in [0.2, 0.25) is 0 Å². The van der Waals surface area contributed by atoms with Gasteiger partial charge >= 0.3 is 0 Å². The van der Waals surface area contributed by atoms with Crippen LogP contribution in [-0.4, -0.2) is 31.5 Å². The second-order valence-corrected chi connectivity index (χ2v) is 8.89. The Kier molecular flexibility index (Phi) is 7.68. The molecular weight excluding hydrogens is 306 g/mol. The average molecular weight is 330 g/mol. The van der Waals surface area contributed by atoms with E-state index >= 15 is 0 Å². The third-order valence-electron chi connectivity index (χ3n) is 4.10. The summed E-state index contributed by atoms with van der Waals surface area (Å²) >= 11 is -0.914. The van der Waals surface area contributed by atoms with Crippen LogP contribution in [0.15, 0.2) is 91.0 Å². The van der Waals surface area contributed by atoms with E-state index in [1.54, 1.807) is 0 Å². The normalized spacial score (nSPS) is 9.91. The molecule has 0 aromatic heterocycles. The molecule has 0 amide bonds. The van der Waals surface area contributed by atoms with Crippen LogP contribution in [0.2, 0.25) is 0 Å². The van der Waals surface area contributed by atoms with Crippen LogP contribution in [0.25, 0.3) is 0 Å². The van der Waals surface area contributed by atoms with Crippen molar-refractivity contribution in [1.29, 1.82) is 0 Å². The molecule has 0 radical (unpaired) electrons. The molecule has 114 valence electrons. The van der Waals surface area contributed by atoms with E-state index in [1.165, 1.54) is 32.5 Å². The molecular formula is C21H24Al2. The largest absolute Gasteiger partial charge is 0.277 e. The van der Waals surface area contributed by atoms with Gasteiger partial charge in [-0.05, 0) is 0 Å². The second kappa shape index (κ2) is 9.77. The fourth-order valence-electron chi connectivity index (χ4n) is 3.06. The lowest BCUT2D eigenvalue weighted by Crippen LogP contribution is -2.24. The van der Waals surface area contributed by atoms with Crippen molar-refractivity contribution in [1.82, 2.24) is 0 Å². The molecule has 0 N–H and O–H groups in total. The second-order valence-electron chi connectivity index (χ2n) is 5.94. The maximum Gasteiger partial charge on any atom is 0.277 e. The first-order valence-corrected chi connectivity index (χ1v) is 10.5. The Labute approximate surface area is 154 Å². The summed E-state index contributed by atoms with van der Waals surface area (Å²) in [4.78, 5) is 0.